The lowest BCUT2D eigenvalue weighted by Crippen LogP contribution is -2.48. The highest BCUT2D eigenvalue weighted by molar-refractivity contribution is 6.23. The summed E-state index contributed by atoms with van der Waals surface area (Å²) in [5.74, 6) is -1.12. The maximum absolute atomic E-state index is 13.4. The van der Waals surface area contributed by atoms with E-state index < -0.39 is 23.8 Å². The Morgan fingerprint density at radius 3 is 2.27 bits per heavy atom. The number of rotatable bonds is 6. The second-order valence-corrected chi connectivity index (χ2v) is 7.55. The van der Waals surface area contributed by atoms with Crippen molar-refractivity contribution in [2.45, 2.75) is 12.5 Å². The minimum atomic E-state index is -1.04. The van der Waals surface area contributed by atoms with Crippen molar-refractivity contribution in [1.82, 2.24) is 15.1 Å². The van der Waals surface area contributed by atoms with Crippen molar-refractivity contribution in [2.24, 2.45) is 0 Å². The highest BCUT2D eigenvalue weighted by Crippen LogP contribution is 2.27. The number of aromatic nitrogens is 2. The number of amides is 3. The Labute approximate surface area is 188 Å². The van der Waals surface area contributed by atoms with Gasteiger partial charge in [-0.3, -0.25) is 19.3 Å². The molecule has 2 heterocycles. The summed E-state index contributed by atoms with van der Waals surface area (Å²) in [6, 6.07) is 21.7. The summed E-state index contributed by atoms with van der Waals surface area (Å²) >= 11 is 0. The Morgan fingerprint density at radius 1 is 0.909 bits per heavy atom. The monoisotopic (exact) mass is 438 g/mol. The first-order valence-electron chi connectivity index (χ1n) is 10.3. The van der Waals surface area contributed by atoms with Crippen molar-refractivity contribution in [3.63, 3.8) is 0 Å². The standard InChI is InChI=1S/C25H18N4O4/c30-22(27-18-10-6-9-17(14-18)23-28-26-15-33-23)21(13-16-7-2-1-3-8-16)29-24(31)19-11-4-5-12-20(19)25(29)32/h1-12,14-15,21H,13H2,(H,27,30). The third-order valence-corrected chi connectivity index (χ3v) is 5.45. The van der Waals surface area contributed by atoms with E-state index in [0.29, 0.717) is 28.3 Å². The smallest absolute Gasteiger partial charge is 0.262 e. The summed E-state index contributed by atoms with van der Waals surface area (Å²) in [4.78, 5) is 40.7. The van der Waals surface area contributed by atoms with Gasteiger partial charge >= 0.3 is 0 Å². The van der Waals surface area contributed by atoms with E-state index in [9.17, 15) is 14.4 Å². The van der Waals surface area contributed by atoms with E-state index in [-0.39, 0.29) is 6.42 Å². The molecule has 3 aromatic carbocycles. The molecule has 8 nitrogen and oxygen atoms in total. The third kappa shape index (κ3) is 3.89. The molecule has 0 spiro atoms. The van der Waals surface area contributed by atoms with Crippen LogP contribution in [0.4, 0.5) is 5.69 Å². The normalized spacial score (nSPS) is 13.6. The van der Waals surface area contributed by atoms with E-state index in [1.165, 1.54) is 6.39 Å². The fourth-order valence-electron chi connectivity index (χ4n) is 3.88. The first-order chi connectivity index (χ1) is 16.1. The van der Waals surface area contributed by atoms with Crippen molar-refractivity contribution in [1.29, 1.82) is 0 Å². The summed E-state index contributed by atoms with van der Waals surface area (Å²) in [6.07, 6.45) is 1.40. The molecule has 0 radical (unpaired) electrons. The van der Waals surface area contributed by atoms with Gasteiger partial charge in [0.05, 0.1) is 11.1 Å². The van der Waals surface area contributed by atoms with Crippen molar-refractivity contribution in [3.05, 3.63) is 102 Å². The SMILES string of the molecule is O=C(Nc1cccc(-c2nnco2)c1)C(Cc1ccccc1)N1C(=O)c2ccccc2C1=O. The number of carbonyl (C=O) groups excluding carboxylic acids is 3. The van der Waals surface area contributed by atoms with Crippen LogP contribution in [0.1, 0.15) is 26.3 Å². The molecule has 0 saturated carbocycles. The Balaban J connectivity index is 1.46. The maximum Gasteiger partial charge on any atom is 0.262 e. The predicted molar refractivity (Wildman–Crippen MR) is 119 cm³/mol. The second kappa shape index (κ2) is 8.51. The number of carbonyl (C=O) groups is 3. The van der Waals surface area contributed by atoms with E-state index in [2.05, 4.69) is 15.5 Å². The largest absolute Gasteiger partial charge is 0.423 e. The average Bonchev–Trinajstić information content (AvgIpc) is 3.47. The van der Waals surface area contributed by atoms with Crippen molar-refractivity contribution >= 4 is 23.4 Å². The zero-order chi connectivity index (χ0) is 22.8. The first-order valence-corrected chi connectivity index (χ1v) is 10.3. The highest BCUT2D eigenvalue weighted by atomic mass is 16.4. The zero-order valence-corrected chi connectivity index (χ0v) is 17.3. The van der Waals surface area contributed by atoms with Gasteiger partial charge in [-0.15, -0.1) is 10.2 Å². The summed E-state index contributed by atoms with van der Waals surface area (Å²) in [7, 11) is 0. The third-order valence-electron chi connectivity index (χ3n) is 5.45. The fraction of sp³-hybridized carbons (Fsp3) is 0.0800. The van der Waals surface area contributed by atoms with Crippen molar-refractivity contribution in [2.75, 3.05) is 5.32 Å². The lowest BCUT2D eigenvalue weighted by Gasteiger charge is -2.25. The summed E-state index contributed by atoms with van der Waals surface area (Å²) < 4.78 is 5.22. The van der Waals surface area contributed by atoms with Gasteiger partial charge in [-0.2, -0.15) is 0 Å². The van der Waals surface area contributed by atoms with Crippen molar-refractivity contribution in [3.8, 4) is 11.5 Å². The van der Waals surface area contributed by atoms with Gasteiger partial charge in [0.1, 0.15) is 6.04 Å². The molecule has 4 aromatic rings. The number of imide groups is 1. The molecule has 0 bridgehead atoms. The van der Waals surface area contributed by atoms with Crippen LogP contribution < -0.4 is 5.32 Å². The topological polar surface area (TPSA) is 105 Å². The lowest BCUT2D eigenvalue weighted by molar-refractivity contribution is -0.119. The molecule has 3 amide bonds. The van der Waals surface area contributed by atoms with Crippen LogP contribution in [-0.4, -0.2) is 38.9 Å². The molecule has 162 valence electrons. The molecule has 1 aliphatic rings. The molecule has 1 atom stereocenters. The highest BCUT2D eigenvalue weighted by Gasteiger charge is 2.42. The second-order valence-electron chi connectivity index (χ2n) is 7.55. The minimum absolute atomic E-state index is 0.182. The van der Waals surface area contributed by atoms with Gasteiger partial charge in [0.15, 0.2) is 0 Å². The number of fused-ring (bicyclic) bond motifs is 1. The van der Waals surface area contributed by atoms with Crippen LogP contribution in [-0.2, 0) is 11.2 Å². The van der Waals surface area contributed by atoms with Crippen LogP contribution in [0.15, 0.2) is 89.7 Å². The van der Waals surface area contributed by atoms with E-state index in [1.54, 1.807) is 48.5 Å². The fourth-order valence-corrected chi connectivity index (χ4v) is 3.88. The molecule has 1 unspecified atom stereocenters. The van der Waals surface area contributed by atoms with Crippen LogP contribution in [0.2, 0.25) is 0 Å². The average molecular weight is 438 g/mol. The van der Waals surface area contributed by atoms with Crippen LogP contribution >= 0.6 is 0 Å². The molecule has 0 fully saturated rings. The Morgan fingerprint density at radius 2 is 1.61 bits per heavy atom. The van der Waals surface area contributed by atoms with E-state index in [1.807, 2.05) is 30.3 Å². The van der Waals surface area contributed by atoms with E-state index in [0.717, 1.165) is 10.5 Å². The molecule has 1 aromatic heterocycles. The number of nitrogens with one attached hydrogen (secondary N) is 1. The van der Waals surface area contributed by atoms with Crippen LogP contribution in [0.5, 0.6) is 0 Å². The Hall–Kier alpha value is -4.59. The molecule has 0 saturated heterocycles. The van der Waals surface area contributed by atoms with Gasteiger partial charge in [0.25, 0.3) is 11.8 Å². The predicted octanol–water partition coefficient (Wildman–Crippen LogP) is 3.58. The Bertz CT molecular complexity index is 1300. The van der Waals surface area contributed by atoms with Crippen LogP contribution in [0.25, 0.3) is 11.5 Å². The number of benzene rings is 3. The van der Waals surface area contributed by atoms with Gasteiger partial charge in [0, 0.05) is 17.7 Å². The molecule has 33 heavy (non-hydrogen) atoms. The van der Waals surface area contributed by atoms with Crippen LogP contribution in [0, 0.1) is 0 Å². The quantitative estimate of drug-likeness (QED) is 0.461. The van der Waals surface area contributed by atoms with Gasteiger partial charge in [0.2, 0.25) is 18.2 Å². The van der Waals surface area contributed by atoms with Gasteiger partial charge in [-0.1, -0.05) is 48.5 Å². The number of anilines is 1. The summed E-state index contributed by atoms with van der Waals surface area (Å²) in [5.41, 5.74) is 2.53. The first kappa shape index (κ1) is 20.3. The van der Waals surface area contributed by atoms with Gasteiger partial charge in [-0.25, -0.2) is 0 Å². The molecule has 5 rings (SSSR count). The molecule has 1 N–H and O–H groups in total. The maximum atomic E-state index is 13.4. The van der Waals surface area contributed by atoms with Crippen LogP contribution in [0.3, 0.4) is 0 Å². The van der Waals surface area contributed by atoms with Gasteiger partial charge < -0.3 is 9.73 Å². The molecular formula is C25H18N4O4. The van der Waals surface area contributed by atoms with Crippen molar-refractivity contribution < 1.29 is 18.8 Å². The Kier molecular flexibility index (Phi) is 5.24. The summed E-state index contributed by atoms with van der Waals surface area (Å²) in [6.45, 7) is 0. The van der Waals surface area contributed by atoms with Gasteiger partial charge in [-0.05, 0) is 35.9 Å². The number of hydrogen-bond acceptors (Lipinski definition) is 6. The molecule has 8 heteroatoms. The van der Waals surface area contributed by atoms with E-state index in [4.69, 9.17) is 4.42 Å². The van der Waals surface area contributed by atoms with E-state index >= 15 is 0 Å². The molecular weight excluding hydrogens is 420 g/mol. The minimum Gasteiger partial charge on any atom is -0.423 e. The summed E-state index contributed by atoms with van der Waals surface area (Å²) in [5, 5.41) is 10.4. The molecule has 0 aliphatic carbocycles. The zero-order valence-electron chi connectivity index (χ0n) is 17.3. The number of hydrogen-bond donors (Lipinski definition) is 1. The molecule has 1 aliphatic heterocycles. The lowest BCUT2D eigenvalue weighted by atomic mass is 10.0. The number of nitrogens with zero attached hydrogens (tertiary/aromatic N) is 3.